The van der Waals surface area contributed by atoms with Gasteiger partial charge in [0.15, 0.2) is 12.4 Å². The highest BCUT2D eigenvalue weighted by Crippen LogP contribution is 1.99. The van der Waals surface area contributed by atoms with Crippen molar-refractivity contribution in [2.75, 3.05) is 0 Å². The fourth-order valence-corrected chi connectivity index (χ4v) is 1.38. The number of hydrogen-bond acceptors (Lipinski definition) is 1. The molecule has 3 heteroatoms. The predicted octanol–water partition coefficient (Wildman–Crippen LogP) is 1.06. The molecule has 1 amide bonds. The molecule has 1 aromatic carbocycles. The van der Waals surface area contributed by atoms with Crippen molar-refractivity contribution in [3.8, 4) is 5.69 Å². The first kappa shape index (κ1) is 9.40. The van der Waals surface area contributed by atoms with Gasteiger partial charge in [-0.1, -0.05) is 18.2 Å². The Morgan fingerprint density at radius 3 is 2.47 bits per heavy atom. The van der Waals surface area contributed by atoms with Crippen LogP contribution in [-0.4, -0.2) is 5.91 Å². The fourth-order valence-electron chi connectivity index (χ4n) is 1.38. The zero-order valence-corrected chi connectivity index (χ0v) is 8.13. The number of carbonyl (C=O) groups is 1. The Morgan fingerprint density at radius 2 is 1.80 bits per heavy atom. The summed E-state index contributed by atoms with van der Waals surface area (Å²) in [4.78, 5) is 11.0. The third kappa shape index (κ3) is 2.02. The van der Waals surface area contributed by atoms with Crippen LogP contribution >= 0.6 is 0 Å². The molecule has 0 saturated heterocycles. The maximum absolute atomic E-state index is 11.0. The van der Waals surface area contributed by atoms with Crippen LogP contribution in [0.25, 0.3) is 5.69 Å². The predicted molar refractivity (Wildman–Crippen MR) is 56.5 cm³/mol. The van der Waals surface area contributed by atoms with Crippen LogP contribution in [0.1, 0.15) is 10.4 Å². The van der Waals surface area contributed by atoms with Crippen LogP contribution in [0.3, 0.4) is 0 Å². The molecule has 0 radical (unpaired) electrons. The Labute approximate surface area is 87.8 Å². The van der Waals surface area contributed by atoms with Crippen LogP contribution in [0.2, 0.25) is 0 Å². The fraction of sp³-hybridized carbons (Fsp3) is 0. The monoisotopic (exact) mass is 199 g/mol. The number of nitrogens with zero attached hydrogens (tertiary/aromatic N) is 1. The summed E-state index contributed by atoms with van der Waals surface area (Å²) in [5.41, 5.74) is 6.71. The first-order chi connectivity index (χ1) is 7.27. The average Bonchev–Trinajstić information content (AvgIpc) is 2.30. The quantitative estimate of drug-likeness (QED) is 0.722. The van der Waals surface area contributed by atoms with Crippen molar-refractivity contribution in [3.63, 3.8) is 0 Å². The van der Waals surface area contributed by atoms with Crippen LogP contribution in [-0.2, 0) is 0 Å². The summed E-state index contributed by atoms with van der Waals surface area (Å²) in [6.45, 7) is 0. The summed E-state index contributed by atoms with van der Waals surface area (Å²) in [7, 11) is 0. The number of pyridine rings is 1. The second-order valence-corrected chi connectivity index (χ2v) is 3.20. The van der Waals surface area contributed by atoms with E-state index in [0.29, 0.717) is 5.56 Å². The Kier molecular flexibility index (Phi) is 2.46. The molecule has 0 fully saturated rings. The van der Waals surface area contributed by atoms with Gasteiger partial charge in [0.2, 0.25) is 5.69 Å². The van der Waals surface area contributed by atoms with E-state index in [4.69, 9.17) is 5.73 Å². The van der Waals surface area contributed by atoms with Crippen molar-refractivity contribution in [1.29, 1.82) is 0 Å². The number of hydrogen-bond donors (Lipinski definition) is 1. The minimum atomic E-state index is -0.416. The summed E-state index contributed by atoms with van der Waals surface area (Å²) in [6.07, 6.45) is 3.60. The molecule has 0 bridgehead atoms. The Hall–Kier alpha value is -2.16. The van der Waals surface area contributed by atoms with Gasteiger partial charge in [0.25, 0.3) is 5.91 Å². The summed E-state index contributed by atoms with van der Waals surface area (Å²) in [5.74, 6) is -0.416. The molecule has 0 aliphatic carbocycles. The number of para-hydroxylation sites is 1. The second kappa shape index (κ2) is 3.92. The molecule has 74 valence electrons. The molecule has 0 saturated carbocycles. The average molecular weight is 199 g/mol. The second-order valence-electron chi connectivity index (χ2n) is 3.20. The number of aromatic nitrogens is 1. The molecule has 0 aliphatic heterocycles. The van der Waals surface area contributed by atoms with Crippen LogP contribution in [0, 0.1) is 0 Å². The van der Waals surface area contributed by atoms with Crippen molar-refractivity contribution < 1.29 is 9.36 Å². The minimum Gasteiger partial charge on any atom is -0.365 e. The van der Waals surface area contributed by atoms with Gasteiger partial charge in [0.1, 0.15) is 5.56 Å². The molecule has 0 atom stereocenters. The first-order valence-corrected chi connectivity index (χ1v) is 4.64. The molecule has 15 heavy (non-hydrogen) atoms. The smallest absolute Gasteiger partial charge is 0.254 e. The van der Waals surface area contributed by atoms with Gasteiger partial charge in [-0.2, -0.15) is 4.57 Å². The summed E-state index contributed by atoms with van der Waals surface area (Å²) >= 11 is 0. The molecule has 2 N–H and O–H groups in total. The van der Waals surface area contributed by atoms with E-state index < -0.39 is 5.91 Å². The van der Waals surface area contributed by atoms with Crippen LogP contribution in [0.4, 0.5) is 0 Å². The summed E-state index contributed by atoms with van der Waals surface area (Å²) in [5, 5.41) is 0. The van der Waals surface area contributed by atoms with E-state index in [1.165, 1.54) is 0 Å². The van der Waals surface area contributed by atoms with E-state index in [9.17, 15) is 4.79 Å². The Bertz CT molecular complexity index is 480. The molecule has 0 aliphatic rings. The van der Waals surface area contributed by atoms with Gasteiger partial charge >= 0.3 is 0 Å². The van der Waals surface area contributed by atoms with Gasteiger partial charge < -0.3 is 5.73 Å². The molecular formula is C12H11N2O+. The van der Waals surface area contributed by atoms with Crippen LogP contribution < -0.4 is 10.3 Å². The molecule has 0 spiro atoms. The molecular weight excluding hydrogens is 188 g/mol. The molecule has 1 heterocycles. The lowest BCUT2D eigenvalue weighted by Crippen LogP contribution is -2.31. The number of rotatable bonds is 2. The Balaban J connectivity index is 2.46. The molecule has 2 rings (SSSR count). The highest BCUT2D eigenvalue weighted by atomic mass is 16.1. The lowest BCUT2D eigenvalue weighted by molar-refractivity contribution is -0.595. The molecule has 3 nitrogen and oxygen atoms in total. The standard InChI is InChI=1S/C12H10N2O/c13-12(15)10-5-4-8-14(9-10)11-6-2-1-3-7-11/h1-9H,(H-,13,15)/p+1. The van der Waals surface area contributed by atoms with Crippen molar-refractivity contribution in [3.05, 3.63) is 60.4 Å². The number of nitrogens with two attached hydrogens (primary N) is 1. The number of benzene rings is 1. The number of amides is 1. The van der Waals surface area contributed by atoms with Gasteiger partial charge in [-0.05, 0) is 6.07 Å². The molecule has 0 unspecified atom stereocenters. The third-order valence-electron chi connectivity index (χ3n) is 2.14. The van der Waals surface area contributed by atoms with Crippen molar-refractivity contribution >= 4 is 5.91 Å². The zero-order valence-electron chi connectivity index (χ0n) is 8.13. The number of primary amides is 1. The Morgan fingerprint density at radius 1 is 1.07 bits per heavy atom. The van der Waals surface area contributed by atoms with Gasteiger partial charge in [-0.3, -0.25) is 4.79 Å². The molecule has 2 aromatic rings. The summed E-state index contributed by atoms with van der Waals surface area (Å²) < 4.78 is 1.86. The van der Waals surface area contributed by atoms with Crippen molar-refractivity contribution in [2.24, 2.45) is 5.73 Å². The van der Waals surface area contributed by atoms with Crippen LogP contribution in [0.5, 0.6) is 0 Å². The van der Waals surface area contributed by atoms with E-state index in [1.54, 1.807) is 18.3 Å². The third-order valence-corrected chi connectivity index (χ3v) is 2.14. The maximum Gasteiger partial charge on any atom is 0.254 e. The highest BCUT2D eigenvalue weighted by Gasteiger charge is 2.08. The lowest BCUT2D eigenvalue weighted by atomic mass is 10.2. The normalized spacial score (nSPS) is 9.87. The lowest BCUT2D eigenvalue weighted by Gasteiger charge is -1.96. The van der Waals surface area contributed by atoms with Gasteiger partial charge in [-0.25, -0.2) is 0 Å². The van der Waals surface area contributed by atoms with E-state index in [2.05, 4.69) is 0 Å². The number of carbonyl (C=O) groups excluding carboxylic acids is 1. The zero-order chi connectivity index (χ0) is 10.7. The van der Waals surface area contributed by atoms with Crippen LogP contribution in [0.15, 0.2) is 54.9 Å². The van der Waals surface area contributed by atoms with E-state index in [1.807, 2.05) is 41.1 Å². The SMILES string of the molecule is NC(=O)c1ccc[n+](-c2ccccc2)c1. The van der Waals surface area contributed by atoms with Gasteiger partial charge in [0.05, 0.1) is 0 Å². The van der Waals surface area contributed by atoms with E-state index in [0.717, 1.165) is 5.69 Å². The van der Waals surface area contributed by atoms with Crippen molar-refractivity contribution in [2.45, 2.75) is 0 Å². The summed E-state index contributed by atoms with van der Waals surface area (Å²) in [6, 6.07) is 13.3. The van der Waals surface area contributed by atoms with E-state index in [-0.39, 0.29) is 0 Å². The molecule has 1 aromatic heterocycles. The van der Waals surface area contributed by atoms with Gasteiger partial charge in [-0.15, -0.1) is 0 Å². The first-order valence-electron chi connectivity index (χ1n) is 4.64. The minimum absolute atomic E-state index is 0.416. The highest BCUT2D eigenvalue weighted by molar-refractivity contribution is 5.92. The largest absolute Gasteiger partial charge is 0.365 e. The van der Waals surface area contributed by atoms with E-state index >= 15 is 0 Å². The maximum atomic E-state index is 11.0. The van der Waals surface area contributed by atoms with Crippen molar-refractivity contribution in [1.82, 2.24) is 0 Å². The topological polar surface area (TPSA) is 47.0 Å². The van der Waals surface area contributed by atoms with Gasteiger partial charge in [0, 0.05) is 18.2 Å².